The van der Waals surface area contributed by atoms with E-state index in [0.717, 1.165) is 6.42 Å². The number of fused-ring (bicyclic) bond motifs is 2. The number of nitrogens with two attached hydrogens (primary N) is 1. The molecule has 0 saturated heterocycles. The molecule has 2 aliphatic rings. The number of rotatable bonds is 2. The van der Waals surface area contributed by atoms with E-state index < -0.39 is 11.7 Å². The van der Waals surface area contributed by atoms with E-state index in [4.69, 9.17) is 10.5 Å². The SMILES string of the molecule is CC(C)(C)OC(=O)N[C@H]1[C@@H](C(N)=O)[C@@H]2C=C[C@H]1C2. The molecule has 0 heterocycles. The van der Waals surface area contributed by atoms with Gasteiger partial charge >= 0.3 is 6.09 Å². The Balaban J connectivity index is 2.02. The lowest BCUT2D eigenvalue weighted by Gasteiger charge is -2.28. The molecule has 1 fully saturated rings. The van der Waals surface area contributed by atoms with Gasteiger partial charge in [-0.05, 0) is 39.0 Å². The number of carbonyl (C=O) groups is 2. The highest BCUT2D eigenvalue weighted by Gasteiger charge is 2.48. The zero-order valence-electron chi connectivity index (χ0n) is 11.0. The third kappa shape index (κ3) is 2.49. The molecule has 4 atom stereocenters. The molecular weight excluding hydrogens is 232 g/mol. The molecule has 5 heteroatoms. The fraction of sp³-hybridized carbons (Fsp3) is 0.692. The zero-order chi connectivity index (χ0) is 13.5. The van der Waals surface area contributed by atoms with Crippen LogP contribution in [0.25, 0.3) is 0 Å². The van der Waals surface area contributed by atoms with Gasteiger partial charge in [-0.3, -0.25) is 4.79 Å². The fourth-order valence-corrected chi connectivity index (χ4v) is 2.85. The summed E-state index contributed by atoms with van der Waals surface area (Å²) in [7, 11) is 0. The first-order valence-electron chi connectivity index (χ1n) is 6.25. The minimum absolute atomic E-state index is 0.160. The summed E-state index contributed by atoms with van der Waals surface area (Å²) >= 11 is 0. The topological polar surface area (TPSA) is 81.4 Å². The van der Waals surface area contributed by atoms with Crippen LogP contribution in [0.15, 0.2) is 12.2 Å². The van der Waals surface area contributed by atoms with E-state index in [1.54, 1.807) is 20.8 Å². The highest BCUT2D eigenvalue weighted by molar-refractivity contribution is 5.80. The van der Waals surface area contributed by atoms with Crippen molar-refractivity contribution < 1.29 is 14.3 Å². The molecule has 2 rings (SSSR count). The van der Waals surface area contributed by atoms with Gasteiger partial charge in [-0.1, -0.05) is 12.2 Å². The second-order valence-corrected chi connectivity index (χ2v) is 6.05. The van der Waals surface area contributed by atoms with Gasteiger partial charge in [0.2, 0.25) is 5.91 Å². The van der Waals surface area contributed by atoms with Crippen LogP contribution in [0, 0.1) is 17.8 Å². The highest BCUT2D eigenvalue weighted by Crippen LogP contribution is 2.43. The lowest BCUT2D eigenvalue weighted by atomic mass is 9.88. The quantitative estimate of drug-likeness (QED) is 0.724. The summed E-state index contributed by atoms with van der Waals surface area (Å²) in [5.74, 6) is -0.312. The third-order valence-corrected chi connectivity index (χ3v) is 3.47. The molecule has 100 valence electrons. The largest absolute Gasteiger partial charge is 0.444 e. The van der Waals surface area contributed by atoms with E-state index in [1.807, 2.05) is 12.2 Å². The number of alkyl carbamates (subject to hydrolysis) is 1. The maximum atomic E-state index is 11.7. The van der Waals surface area contributed by atoms with Gasteiger partial charge in [0.15, 0.2) is 0 Å². The van der Waals surface area contributed by atoms with Crippen LogP contribution in [0.3, 0.4) is 0 Å². The molecule has 2 bridgehead atoms. The van der Waals surface area contributed by atoms with E-state index in [2.05, 4.69) is 5.32 Å². The second-order valence-electron chi connectivity index (χ2n) is 6.05. The Bertz CT molecular complexity index is 398. The number of allylic oxidation sites excluding steroid dienone is 1. The number of carbonyl (C=O) groups excluding carboxylic acids is 2. The van der Waals surface area contributed by atoms with Crippen molar-refractivity contribution in [2.45, 2.75) is 38.8 Å². The Kier molecular flexibility index (Phi) is 3.09. The number of primary amides is 1. The average Bonchev–Trinajstić information content (AvgIpc) is 2.73. The molecule has 2 amide bonds. The standard InChI is InChI=1S/C13H20N2O3/c1-13(2,3)18-12(17)15-10-8-5-4-7(6-8)9(10)11(14)16/h4-5,7-10H,6H2,1-3H3,(H2,14,16)(H,15,17)/t7-,8+,9+,10-/m1/s1. The smallest absolute Gasteiger partial charge is 0.407 e. The monoisotopic (exact) mass is 252 g/mol. The van der Waals surface area contributed by atoms with Gasteiger partial charge < -0.3 is 15.8 Å². The van der Waals surface area contributed by atoms with Crippen molar-refractivity contribution in [2.24, 2.45) is 23.5 Å². The van der Waals surface area contributed by atoms with Gasteiger partial charge in [0.25, 0.3) is 0 Å². The lowest BCUT2D eigenvalue weighted by Crippen LogP contribution is -2.48. The Morgan fingerprint density at radius 3 is 2.44 bits per heavy atom. The van der Waals surface area contributed by atoms with E-state index in [1.165, 1.54) is 0 Å². The van der Waals surface area contributed by atoms with Crippen molar-refractivity contribution in [2.75, 3.05) is 0 Å². The van der Waals surface area contributed by atoms with Crippen molar-refractivity contribution in [3.05, 3.63) is 12.2 Å². The second kappa shape index (κ2) is 4.30. The Morgan fingerprint density at radius 2 is 1.89 bits per heavy atom. The summed E-state index contributed by atoms with van der Waals surface area (Å²) in [5, 5.41) is 2.79. The first kappa shape index (κ1) is 12.9. The molecule has 0 radical (unpaired) electrons. The molecule has 0 aromatic carbocycles. The van der Waals surface area contributed by atoms with Crippen LogP contribution in [-0.2, 0) is 9.53 Å². The van der Waals surface area contributed by atoms with Crippen molar-refractivity contribution >= 4 is 12.0 Å². The maximum absolute atomic E-state index is 11.7. The molecule has 2 aliphatic carbocycles. The zero-order valence-corrected chi connectivity index (χ0v) is 11.0. The average molecular weight is 252 g/mol. The summed E-state index contributed by atoms with van der Waals surface area (Å²) in [6.07, 6.45) is 4.47. The number of nitrogens with one attached hydrogen (secondary N) is 1. The molecular formula is C13H20N2O3. The summed E-state index contributed by atoms with van der Waals surface area (Å²) in [5.41, 5.74) is 4.87. The van der Waals surface area contributed by atoms with Crippen LogP contribution in [0.2, 0.25) is 0 Å². The number of hydrogen-bond donors (Lipinski definition) is 2. The van der Waals surface area contributed by atoms with Crippen LogP contribution in [0.1, 0.15) is 27.2 Å². The predicted octanol–water partition coefficient (Wildman–Crippen LogP) is 1.19. The first-order chi connectivity index (χ1) is 8.28. The van der Waals surface area contributed by atoms with Gasteiger partial charge in [0, 0.05) is 0 Å². The predicted molar refractivity (Wildman–Crippen MR) is 66.6 cm³/mol. The van der Waals surface area contributed by atoms with Gasteiger partial charge in [-0.25, -0.2) is 4.79 Å². The molecule has 18 heavy (non-hydrogen) atoms. The summed E-state index contributed by atoms with van der Waals surface area (Å²) < 4.78 is 5.21. The van der Waals surface area contributed by atoms with E-state index in [-0.39, 0.29) is 29.7 Å². The summed E-state index contributed by atoms with van der Waals surface area (Å²) in [6.45, 7) is 5.41. The van der Waals surface area contributed by atoms with Crippen molar-refractivity contribution in [3.8, 4) is 0 Å². The fourth-order valence-electron chi connectivity index (χ4n) is 2.85. The van der Waals surface area contributed by atoms with Crippen LogP contribution in [0.5, 0.6) is 0 Å². The highest BCUT2D eigenvalue weighted by atomic mass is 16.6. The molecule has 0 aromatic heterocycles. The van der Waals surface area contributed by atoms with Gasteiger partial charge in [-0.2, -0.15) is 0 Å². The lowest BCUT2D eigenvalue weighted by molar-refractivity contribution is -0.123. The van der Waals surface area contributed by atoms with Crippen LogP contribution in [-0.4, -0.2) is 23.6 Å². The van der Waals surface area contributed by atoms with Crippen molar-refractivity contribution in [3.63, 3.8) is 0 Å². The minimum atomic E-state index is -0.542. The normalized spacial score (nSPS) is 33.5. The molecule has 1 saturated carbocycles. The van der Waals surface area contributed by atoms with Crippen molar-refractivity contribution in [1.29, 1.82) is 0 Å². The van der Waals surface area contributed by atoms with E-state index in [9.17, 15) is 9.59 Å². The molecule has 0 unspecified atom stereocenters. The number of ether oxygens (including phenoxy) is 1. The molecule has 0 spiro atoms. The number of hydrogen-bond acceptors (Lipinski definition) is 3. The van der Waals surface area contributed by atoms with E-state index >= 15 is 0 Å². The van der Waals surface area contributed by atoms with Crippen LogP contribution < -0.4 is 11.1 Å². The summed E-state index contributed by atoms with van der Waals surface area (Å²) in [6, 6.07) is -0.229. The van der Waals surface area contributed by atoms with E-state index in [0.29, 0.717) is 0 Å². The van der Waals surface area contributed by atoms with Crippen LogP contribution >= 0.6 is 0 Å². The van der Waals surface area contributed by atoms with Crippen molar-refractivity contribution in [1.82, 2.24) is 5.32 Å². The maximum Gasteiger partial charge on any atom is 0.407 e. The third-order valence-electron chi connectivity index (χ3n) is 3.47. The van der Waals surface area contributed by atoms with Gasteiger partial charge in [0.1, 0.15) is 5.60 Å². The molecule has 3 N–H and O–H groups in total. The molecule has 0 aromatic rings. The van der Waals surface area contributed by atoms with Gasteiger partial charge in [-0.15, -0.1) is 0 Å². The summed E-state index contributed by atoms with van der Waals surface area (Å²) in [4.78, 5) is 23.2. The Labute approximate surface area is 107 Å². The first-order valence-corrected chi connectivity index (χ1v) is 6.25. The molecule has 0 aliphatic heterocycles. The van der Waals surface area contributed by atoms with Crippen LogP contribution in [0.4, 0.5) is 4.79 Å². The molecule has 5 nitrogen and oxygen atoms in total. The minimum Gasteiger partial charge on any atom is -0.444 e. The Morgan fingerprint density at radius 1 is 1.28 bits per heavy atom. The Hall–Kier alpha value is -1.52. The van der Waals surface area contributed by atoms with Gasteiger partial charge in [0.05, 0.1) is 12.0 Å². The number of amides is 2.